The van der Waals surface area contributed by atoms with Gasteiger partial charge in [-0.15, -0.1) is 0 Å². The Morgan fingerprint density at radius 1 is 1.00 bits per heavy atom. The van der Waals surface area contributed by atoms with Gasteiger partial charge in [-0.05, 0) is 29.8 Å². The van der Waals surface area contributed by atoms with Crippen molar-refractivity contribution in [1.29, 1.82) is 0 Å². The number of rotatable bonds is 5. The summed E-state index contributed by atoms with van der Waals surface area (Å²) >= 11 is 0. The summed E-state index contributed by atoms with van der Waals surface area (Å²) in [7, 11) is 0. The van der Waals surface area contributed by atoms with Crippen molar-refractivity contribution in [3.8, 4) is 11.5 Å². The summed E-state index contributed by atoms with van der Waals surface area (Å²) in [4.78, 5) is 41.2. The Kier molecular flexibility index (Phi) is 5.87. The second-order valence-electron chi connectivity index (χ2n) is 8.26. The molecular weight excluding hydrogens is 426 g/mol. The number of carbonyl (C=O) groups is 3. The number of nitrogens with zero attached hydrogens (tertiary/aromatic N) is 2. The number of carbonyl (C=O) groups excluding carboxylic acids is 3. The van der Waals surface area contributed by atoms with Crippen molar-refractivity contribution in [2.24, 2.45) is 5.92 Å². The SMILES string of the molecule is O=C(NCc1ccc(C(=O)N2CCOCC2)cc1)C1CC(=O)N(c2ccc3c(c2)OCO3)C1. The fourth-order valence-electron chi connectivity index (χ4n) is 4.23. The first kappa shape index (κ1) is 21.3. The van der Waals surface area contributed by atoms with Gasteiger partial charge in [0, 0.05) is 49.9 Å². The third-order valence-corrected chi connectivity index (χ3v) is 6.13. The van der Waals surface area contributed by atoms with E-state index in [4.69, 9.17) is 14.2 Å². The van der Waals surface area contributed by atoms with Gasteiger partial charge in [0.05, 0.1) is 19.1 Å². The van der Waals surface area contributed by atoms with Crippen molar-refractivity contribution >= 4 is 23.4 Å². The molecule has 0 bridgehead atoms. The van der Waals surface area contributed by atoms with Crippen LogP contribution < -0.4 is 19.7 Å². The van der Waals surface area contributed by atoms with Crippen LogP contribution in [0.4, 0.5) is 5.69 Å². The van der Waals surface area contributed by atoms with E-state index in [0.29, 0.717) is 62.1 Å². The van der Waals surface area contributed by atoms with Crippen LogP contribution in [0, 0.1) is 5.92 Å². The van der Waals surface area contributed by atoms with Crippen LogP contribution in [-0.4, -0.2) is 62.3 Å². The number of hydrogen-bond acceptors (Lipinski definition) is 6. The van der Waals surface area contributed by atoms with Crippen LogP contribution in [0.25, 0.3) is 0 Å². The molecule has 1 unspecified atom stereocenters. The molecule has 0 spiro atoms. The molecule has 1 atom stereocenters. The number of amides is 3. The molecule has 9 nitrogen and oxygen atoms in total. The Morgan fingerprint density at radius 2 is 1.76 bits per heavy atom. The van der Waals surface area contributed by atoms with E-state index in [2.05, 4.69) is 5.32 Å². The van der Waals surface area contributed by atoms with Crippen molar-refractivity contribution in [3.05, 3.63) is 53.6 Å². The predicted octanol–water partition coefficient (Wildman–Crippen LogP) is 1.56. The summed E-state index contributed by atoms with van der Waals surface area (Å²) in [5.74, 6) is 0.549. The minimum absolute atomic E-state index is 0.0121. The van der Waals surface area contributed by atoms with Crippen molar-refractivity contribution in [2.75, 3.05) is 44.5 Å². The van der Waals surface area contributed by atoms with Crippen molar-refractivity contribution < 1.29 is 28.6 Å². The Labute approximate surface area is 191 Å². The summed E-state index contributed by atoms with van der Waals surface area (Å²) in [5, 5.41) is 2.91. The third kappa shape index (κ3) is 4.49. The number of anilines is 1. The van der Waals surface area contributed by atoms with E-state index in [1.165, 1.54) is 0 Å². The average Bonchev–Trinajstić information content (AvgIpc) is 3.49. The molecule has 3 aliphatic heterocycles. The zero-order valence-corrected chi connectivity index (χ0v) is 18.1. The maximum Gasteiger partial charge on any atom is 0.254 e. The van der Waals surface area contributed by atoms with Crippen LogP contribution >= 0.6 is 0 Å². The molecule has 0 saturated carbocycles. The molecule has 2 aromatic carbocycles. The lowest BCUT2D eigenvalue weighted by atomic mass is 10.1. The Balaban J connectivity index is 1.15. The van der Waals surface area contributed by atoms with Crippen LogP contribution in [0.3, 0.4) is 0 Å². The number of morpholine rings is 1. The zero-order chi connectivity index (χ0) is 22.8. The van der Waals surface area contributed by atoms with Gasteiger partial charge >= 0.3 is 0 Å². The van der Waals surface area contributed by atoms with E-state index in [9.17, 15) is 14.4 Å². The monoisotopic (exact) mass is 451 g/mol. The highest BCUT2D eigenvalue weighted by Gasteiger charge is 2.35. The lowest BCUT2D eigenvalue weighted by molar-refractivity contribution is -0.126. The highest BCUT2D eigenvalue weighted by Crippen LogP contribution is 2.37. The number of fused-ring (bicyclic) bond motifs is 1. The Bertz CT molecular complexity index is 1060. The predicted molar refractivity (Wildman–Crippen MR) is 118 cm³/mol. The molecule has 2 saturated heterocycles. The second kappa shape index (κ2) is 9.11. The van der Waals surface area contributed by atoms with Gasteiger partial charge in [0.2, 0.25) is 18.6 Å². The van der Waals surface area contributed by atoms with Gasteiger partial charge in [0.15, 0.2) is 11.5 Å². The fraction of sp³-hybridized carbons (Fsp3) is 0.375. The third-order valence-electron chi connectivity index (χ3n) is 6.13. The molecular formula is C24H25N3O6. The van der Waals surface area contributed by atoms with Gasteiger partial charge in [-0.2, -0.15) is 0 Å². The summed E-state index contributed by atoms with van der Waals surface area (Å²) in [5.41, 5.74) is 2.20. The first-order valence-corrected chi connectivity index (χ1v) is 11.0. The summed E-state index contributed by atoms with van der Waals surface area (Å²) in [6, 6.07) is 12.6. The highest BCUT2D eigenvalue weighted by atomic mass is 16.7. The smallest absolute Gasteiger partial charge is 0.254 e. The largest absolute Gasteiger partial charge is 0.454 e. The van der Waals surface area contributed by atoms with Gasteiger partial charge in [-0.1, -0.05) is 12.1 Å². The van der Waals surface area contributed by atoms with E-state index in [-0.39, 0.29) is 30.9 Å². The number of nitrogens with one attached hydrogen (secondary N) is 1. The molecule has 2 fully saturated rings. The molecule has 3 amide bonds. The molecule has 3 aliphatic rings. The maximum atomic E-state index is 12.7. The van der Waals surface area contributed by atoms with E-state index >= 15 is 0 Å². The Hall–Kier alpha value is -3.59. The number of hydrogen-bond donors (Lipinski definition) is 1. The van der Waals surface area contributed by atoms with E-state index in [1.807, 2.05) is 12.1 Å². The quantitative estimate of drug-likeness (QED) is 0.741. The Morgan fingerprint density at radius 3 is 2.55 bits per heavy atom. The molecule has 0 radical (unpaired) electrons. The minimum atomic E-state index is -0.426. The van der Waals surface area contributed by atoms with Crippen molar-refractivity contribution in [2.45, 2.75) is 13.0 Å². The lowest BCUT2D eigenvalue weighted by Crippen LogP contribution is -2.40. The topological polar surface area (TPSA) is 97.4 Å². The van der Waals surface area contributed by atoms with Crippen LogP contribution in [-0.2, 0) is 20.9 Å². The molecule has 3 heterocycles. The number of benzene rings is 2. The zero-order valence-electron chi connectivity index (χ0n) is 18.1. The van der Waals surface area contributed by atoms with E-state index in [1.54, 1.807) is 40.1 Å². The average molecular weight is 451 g/mol. The first-order valence-electron chi connectivity index (χ1n) is 11.0. The minimum Gasteiger partial charge on any atom is -0.454 e. The van der Waals surface area contributed by atoms with Gasteiger partial charge < -0.3 is 29.3 Å². The lowest BCUT2D eigenvalue weighted by Gasteiger charge is -2.26. The highest BCUT2D eigenvalue weighted by molar-refractivity contribution is 6.00. The molecule has 0 aromatic heterocycles. The number of ether oxygens (including phenoxy) is 3. The molecule has 9 heteroatoms. The molecule has 0 aliphatic carbocycles. The van der Waals surface area contributed by atoms with Crippen LogP contribution in [0.1, 0.15) is 22.3 Å². The van der Waals surface area contributed by atoms with Crippen LogP contribution in [0.5, 0.6) is 11.5 Å². The van der Waals surface area contributed by atoms with Gasteiger partial charge in [0.1, 0.15) is 0 Å². The first-order chi connectivity index (χ1) is 16.1. The fourth-order valence-corrected chi connectivity index (χ4v) is 4.23. The second-order valence-corrected chi connectivity index (χ2v) is 8.26. The van der Waals surface area contributed by atoms with Crippen molar-refractivity contribution in [3.63, 3.8) is 0 Å². The molecule has 5 rings (SSSR count). The summed E-state index contributed by atoms with van der Waals surface area (Å²) < 4.78 is 16.0. The summed E-state index contributed by atoms with van der Waals surface area (Å²) in [6.07, 6.45) is 0.160. The van der Waals surface area contributed by atoms with E-state index in [0.717, 1.165) is 5.56 Å². The molecule has 33 heavy (non-hydrogen) atoms. The van der Waals surface area contributed by atoms with Crippen LogP contribution in [0.2, 0.25) is 0 Å². The molecule has 2 aromatic rings. The van der Waals surface area contributed by atoms with Crippen LogP contribution in [0.15, 0.2) is 42.5 Å². The molecule has 172 valence electrons. The molecule has 1 N–H and O–H groups in total. The summed E-state index contributed by atoms with van der Waals surface area (Å²) in [6.45, 7) is 3.13. The van der Waals surface area contributed by atoms with Gasteiger partial charge in [0.25, 0.3) is 5.91 Å². The maximum absolute atomic E-state index is 12.7. The van der Waals surface area contributed by atoms with Gasteiger partial charge in [-0.25, -0.2) is 0 Å². The van der Waals surface area contributed by atoms with E-state index < -0.39 is 5.92 Å². The normalized spacial score (nSPS) is 19.6. The standard InChI is InChI=1S/C24H25N3O6/c28-22-11-18(14-27(22)19-5-6-20-21(12-19)33-15-32-20)23(29)25-13-16-1-3-17(4-2-16)24(30)26-7-9-31-10-8-26/h1-6,12,18H,7-11,13-15H2,(H,25,29). The van der Waals surface area contributed by atoms with Crippen molar-refractivity contribution in [1.82, 2.24) is 10.2 Å². The van der Waals surface area contributed by atoms with Gasteiger partial charge in [-0.3, -0.25) is 14.4 Å².